The lowest BCUT2D eigenvalue weighted by Crippen LogP contribution is -2.46. The number of nitrogens with one attached hydrogen (secondary N) is 1. The molecular formula is C42H54N4O6Si. The maximum absolute atomic E-state index is 14.9. The Morgan fingerprint density at radius 2 is 1.74 bits per heavy atom. The number of rotatable bonds is 14. The van der Waals surface area contributed by atoms with E-state index in [1.165, 1.54) is 5.57 Å². The summed E-state index contributed by atoms with van der Waals surface area (Å²) in [6.45, 7) is 12.3. The minimum atomic E-state index is -3.07. The Balaban J connectivity index is 1.52. The molecule has 3 aromatic rings. The third-order valence-electron chi connectivity index (χ3n) is 10.4. The van der Waals surface area contributed by atoms with E-state index in [-0.39, 0.29) is 37.3 Å². The smallest absolute Gasteiger partial charge is 0.264 e. The van der Waals surface area contributed by atoms with Crippen LogP contribution in [0, 0.1) is 5.92 Å². The lowest BCUT2D eigenvalue weighted by molar-refractivity contribution is -0.149. The zero-order valence-corrected chi connectivity index (χ0v) is 32.8. The molecule has 10 nitrogen and oxygen atoms in total. The second-order valence-electron chi connectivity index (χ2n) is 15.2. The maximum Gasteiger partial charge on any atom is 0.264 e. The van der Waals surface area contributed by atoms with Crippen LogP contribution in [0.4, 0.5) is 17.1 Å². The first-order valence-electron chi connectivity index (χ1n) is 18.4. The molecule has 2 heterocycles. The predicted molar refractivity (Wildman–Crippen MR) is 213 cm³/mol. The van der Waals surface area contributed by atoms with Crippen molar-refractivity contribution in [1.29, 1.82) is 0 Å². The maximum atomic E-state index is 14.9. The Morgan fingerprint density at radius 1 is 1.04 bits per heavy atom. The molecule has 1 fully saturated rings. The molecule has 2 aliphatic rings. The van der Waals surface area contributed by atoms with E-state index < -0.39 is 31.5 Å². The Morgan fingerprint density at radius 3 is 2.38 bits per heavy atom. The van der Waals surface area contributed by atoms with Crippen molar-refractivity contribution in [1.82, 2.24) is 4.90 Å². The third-order valence-corrected chi connectivity index (χ3v) is 12.9. The summed E-state index contributed by atoms with van der Waals surface area (Å²) >= 11 is 0. The Bertz CT molecular complexity index is 1850. The number of aliphatic hydroxyl groups excluding tert-OH is 1. The molecule has 53 heavy (non-hydrogen) atoms. The fourth-order valence-corrected chi connectivity index (χ4v) is 10.4. The average molecular weight is 739 g/mol. The average Bonchev–Trinajstić information content (AvgIpc) is 3.53. The van der Waals surface area contributed by atoms with Crippen LogP contribution >= 0.6 is 0 Å². The van der Waals surface area contributed by atoms with Gasteiger partial charge < -0.3 is 35.5 Å². The van der Waals surface area contributed by atoms with Gasteiger partial charge in [0.05, 0.1) is 24.8 Å². The Kier molecular flexibility index (Phi) is 12.4. The van der Waals surface area contributed by atoms with E-state index in [0.29, 0.717) is 41.3 Å². The van der Waals surface area contributed by atoms with Crippen molar-refractivity contribution < 1.29 is 29.0 Å². The number of hydrogen-bond acceptors (Lipinski definition) is 7. The molecule has 0 bridgehead atoms. The molecule has 3 amide bonds. The van der Waals surface area contributed by atoms with Gasteiger partial charge in [-0.3, -0.25) is 14.4 Å². The number of allylic oxidation sites excluding steroid dienone is 3. The molecule has 1 spiro atoms. The lowest BCUT2D eigenvalue weighted by Gasteiger charge is -2.32. The van der Waals surface area contributed by atoms with Gasteiger partial charge in [-0.05, 0) is 94.7 Å². The molecule has 4 atom stereocenters. The zero-order valence-electron chi connectivity index (χ0n) is 31.8. The highest BCUT2D eigenvalue weighted by Crippen LogP contribution is 2.60. The van der Waals surface area contributed by atoms with Gasteiger partial charge in [-0.1, -0.05) is 60.6 Å². The molecule has 1 saturated heterocycles. The van der Waals surface area contributed by atoms with Crippen LogP contribution < -0.4 is 16.0 Å². The van der Waals surface area contributed by atoms with E-state index in [9.17, 15) is 24.3 Å². The summed E-state index contributed by atoms with van der Waals surface area (Å²) in [4.78, 5) is 57.4. The summed E-state index contributed by atoms with van der Waals surface area (Å²) < 4.78 is 6.95. The predicted octanol–water partition coefficient (Wildman–Crippen LogP) is 6.77. The van der Waals surface area contributed by atoms with Gasteiger partial charge in [0, 0.05) is 53.6 Å². The van der Waals surface area contributed by atoms with Gasteiger partial charge in [0.25, 0.3) is 11.8 Å². The second-order valence-corrected chi connectivity index (χ2v) is 19.2. The molecular weight excluding hydrogens is 685 g/mol. The number of nitrogens with two attached hydrogens (primary N) is 1. The van der Waals surface area contributed by atoms with Gasteiger partial charge in [-0.25, -0.2) is 0 Å². The first-order valence-corrected chi connectivity index (χ1v) is 21.4. The van der Waals surface area contributed by atoms with Gasteiger partial charge in [-0.2, -0.15) is 0 Å². The number of ether oxygens (including phenoxy) is 1. The molecule has 0 aliphatic carbocycles. The van der Waals surface area contributed by atoms with Crippen molar-refractivity contribution in [2.75, 3.05) is 35.6 Å². The highest BCUT2D eigenvalue weighted by molar-refractivity contribution is 6.71. The van der Waals surface area contributed by atoms with Crippen LogP contribution in [0.25, 0.3) is 0 Å². The van der Waals surface area contributed by atoms with E-state index in [4.69, 9.17) is 10.5 Å². The zero-order chi connectivity index (χ0) is 38.5. The van der Waals surface area contributed by atoms with Gasteiger partial charge in [0.2, 0.25) is 5.91 Å². The molecule has 2 aliphatic heterocycles. The number of amides is 3. The minimum absolute atomic E-state index is 0.0693. The summed E-state index contributed by atoms with van der Waals surface area (Å²) in [5.41, 5.74) is 9.89. The quantitative estimate of drug-likeness (QED) is 0.0812. The van der Waals surface area contributed by atoms with Crippen molar-refractivity contribution in [2.24, 2.45) is 5.92 Å². The molecule has 0 radical (unpaired) electrons. The first-order chi connectivity index (χ1) is 25.1. The molecule has 3 aromatic carbocycles. The molecule has 11 heteroatoms. The van der Waals surface area contributed by atoms with E-state index in [1.807, 2.05) is 56.4 Å². The number of fused-ring (bicyclic) bond motifs is 2. The van der Waals surface area contributed by atoms with Gasteiger partial charge >= 0.3 is 0 Å². The van der Waals surface area contributed by atoms with Crippen LogP contribution in [0.3, 0.4) is 0 Å². The Labute approximate surface area is 314 Å². The van der Waals surface area contributed by atoms with Crippen LogP contribution in [0.2, 0.25) is 18.6 Å². The molecule has 282 valence electrons. The number of hydrogen-bond donors (Lipinski definition) is 4. The highest BCUT2D eigenvalue weighted by Gasteiger charge is 2.66. The number of nitrogens with zero attached hydrogens (tertiary/aromatic N) is 2. The largest absolute Gasteiger partial charge is 0.432 e. The van der Waals surface area contributed by atoms with Crippen molar-refractivity contribution in [3.63, 3.8) is 0 Å². The highest BCUT2D eigenvalue weighted by atomic mass is 28.4. The lowest BCUT2D eigenvalue weighted by atomic mass is 9.82. The van der Waals surface area contributed by atoms with Gasteiger partial charge in [0.15, 0.2) is 13.9 Å². The van der Waals surface area contributed by atoms with E-state index in [2.05, 4.69) is 38.2 Å². The fourth-order valence-electron chi connectivity index (χ4n) is 7.83. The number of carbonyl (C=O) groups is 3. The molecule has 0 saturated carbocycles. The number of carbonyl (C=O) groups excluding carboxylic acids is 3. The van der Waals surface area contributed by atoms with Crippen molar-refractivity contribution in [3.05, 3.63) is 113 Å². The number of benzene rings is 3. The van der Waals surface area contributed by atoms with E-state index in [0.717, 1.165) is 24.0 Å². The second kappa shape index (κ2) is 16.6. The van der Waals surface area contributed by atoms with Crippen molar-refractivity contribution >= 4 is 43.1 Å². The summed E-state index contributed by atoms with van der Waals surface area (Å²) in [5.74, 6) is -1.33. The molecule has 5 N–H and O–H groups in total. The SMILES string of the molecule is CC(C)=CCC/C(C)=C/CN1C(=O)[C@@]2(O[C@@H](CC(=O)N(CCO)Cc3ccccc3)[C@H]([Si](C)(C)O)[C@H]2C)c2cc(NC(=O)c3ccc(N)cc3)ccc21. The van der Waals surface area contributed by atoms with E-state index in [1.54, 1.807) is 46.2 Å². The van der Waals surface area contributed by atoms with Crippen LogP contribution in [-0.2, 0) is 26.5 Å². The number of anilines is 3. The standard InChI is InChI=1S/C42H54N4O6Si/c1-28(2)11-10-12-29(3)21-22-46-36-20-19-34(44-40(49)32-15-17-33(43)18-16-32)25-35(36)42(41(46)50)30(4)39(53(5,6)51)37(52-42)26-38(48)45(23-24-47)27-31-13-8-7-9-14-31/h7-9,11,13-21,25,30,37,39,47,51H,10,12,22-24,26-27,43H2,1-6H3,(H,44,49)/b29-21+/t30-,37+,39-,42+/m1/s1. The minimum Gasteiger partial charge on any atom is -0.432 e. The summed E-state index contributed by atoms with van der Waals surface area (Å²) in [6.07, 6.45) is 5.18. The van der Waals surface area contributed by atoms with Crippen LogP contribution in [-0.4, -0.2) is 66.6 Å². The third kappa shape index (κ3) is 8.81. The molecule has 5 rings (SSSR count). The first kappa shape index (κ1) is 39.6. The number of aliphatic hydroxyl groups is 1. The van der Waals surface area contributed by atoms with Crippen molar-refractivity contribution in [3.8, 4) is 0 Å². The number of nitrogen functional groups attached to an aromatic ring is 1. The normalized spacial score (nSPS) is 21.1. The summed E-state index contributed by atoms with van der Waals surface area (Å²) in [6, 6.07) is 21.6. The van der Waals surface area contributed by atoms with Crippen LogP contribution in [0.15, 0.2) is 96.1 Å². The fraction of sp³-hybridized carbons (Fsp3) is 0.405. The van der Waals surface area contributed by atoms with Gasteiger partial charge in [-0.15, -0.1) is 0 Å². The summed E-state index contributed by atoms with van der Waals surface area (Å²) in [7, 11) is -3.07. The van der Waals surface area contributed by atoms with Crippen LogP contribution in [0.1, 0.15) is 68.4 Å². The van der Waals surface area contributed by atoms with Crippen LogP contribution in [0.5, 0.6) is 0 Å². The van der Waals surface area contributed by atoms with Gasteiger partial charge in [0.1, 0.15) is 0 Å². The Hall–Kier alpha value is -4.55. The summed E-state index contributed by atoms with van der Waals surface area (Å²) in [5, 5.41) is 12.8. The molecule has 0 unspecified atom stereocenters. The van der Waals surface area contributed by atoms with Crippen molar-refractivity contribution in [2.45, 2.75) is 83.8 Å². The topological polar surface area (TPSA) is 145 Å². The monoisotopic (exact) mass is 738 g/mol. The van der Waals surface area contributed by atoms with E-state index >= 15 is 0 Å². The molecule has 0 aromatic heterocycles.